The molecule has 0 fully saturated rings. The van der Waals surface area contributed by atoms with Gasteiger partial charge in [-0.3, -0.25) is 4.79 Å². The molecule has 8 nitrogen and oxygen atoms in total. The van der Waals surface area contributed by atoms with Crippen LogP contribution in [0.15, 0.2) is 82.7 Å². The fraction of sp³-hybridized carbons (Fsp3) is 0.185. The summed E-state index contributed by atoms with van der Waals surface area (Å²) < 4.78 is 17.4. The van der Waals surface area contributed by atoms with Crippen LogP contribution in [0.1, 0.15) is 19.4 Å². The van der Waals surface area contributed by atoms with Crippen LogP contribution in [-0.4, -0.2) is 41.7 Å². The van der Waals surface area contributed by atoms with Crippen molar-refractivity contribution in [2.45, 2.75) is 20.0 Å². The molecule has 0 aliphatic heterocycles. The summed E-state index contributed by atoms with van der Waals surface area (Å²) in [7, 11) is 1.30. The first-order valence-electron chi connectivity index (χ1n) is 11.1. The number of carbonyl (C=O) groups excluding carboxylic acids is 1. The smallest absolute Gasteiger partial charge is 0.346 e. The molecular formula is C27H25N3O5. The molecule has 1 atom stereocenters. The number of hydrogen-bond acceptors (Lipinski definition) is 7. The van der Waals surface area contributed by atoms with Crippen molar-refractivity contribution in [2.24, 2.45) is 5.10 Å². The molecular weight excluding hydrogens is 446 g/mol. The number of benzene rings is 3. The zero-order chi connectivity index (χ0) is 24.8. The molecule has 1 heterocycles. The summed E-state index contributed by atoms with van der Waals surface area (Å²) in [5, 5.41) is 4.95. The third-order valence-corrected chi connectivity index (χ3v) is 5.21. The minimum atomic E-state index is -0.797. The van der Waals surface area contributed by atoms with Crippen molar-refractivity contribution in [1.29, 1.82) is 0 Å². The second-order valence-corrected chi connectivity index (χ2v) is 7.60. The summed E-state index contributed by atoms with van der Waals surface area (Å²) in [5.41, 5.74) is 1.76. The Morgan fingerprint density at radius 2 is 1.80 bits per heavy atom. The second-order valence-electron chi connectivity index (χ2n) is 7.60. The SMILES string of the molecule is CCOc1cc(C=Nn2c(-c3ccccc3)nc3ccccc3c2=O)ccc1O[C@@H](C)C(=O)OC. The summed E-state index contributed by atoms with van der Waals surface area (Å²) in [6.07, 6.45) is 0.759. The lowest BCUT2D eigenvalue weighted by atomic mass is 10.2. The average Bonchev–Trinajstić information content (AvgIpc) is 2.89. The second kappa shape index (κ2) is 10.6. The van der Waals surface area contributed by atoms with Crippen LogP contribution in [0.25, 0.3) is 22.3 Å². The normalized spacial score (nSPS) is 12.0. The maximum absolute atomic E-state index is 13.3. The summed E-state index contributed by atoms with van der Waals surface area (Å²) in [6.45, 7) is 3.84. The molecule has 0 N–H and O–H groups in total. The first-order valence-corrected chi connectivity index (χ1v) is 11.1. The lowest BCUT2D eigenvalue weighted by Gasteiger charge is -2.16. The van der Waals surface area contributed by atoms with Gasteiger partial charge < -0.3 is 14.2 Å². The number of esters is 1. The molecule has 35 heavy (non-hydrogen) atoms. The number of hydrogen-bond donors (Lipinski definition) is 0. The number of methoxy groups -OCH3 is 1. The lowest BCUT2D eigenvalue weighted by Crippen LogP contribution is -2.25. The quantitative estimate of drug-likeness (QED) is 0.281. The van der Waals surface area contributed by atoms with Gasteiger partial charge >= 0.3 is 5.97 Å². The van der Waals surface area contributed by atoms with Gasteiger partial charge in [0.15, 0.2) is 23.4 Å². The summed E-state index contributed by atoms with van der Waals surface area (Å²) in [4.78, 5) is 29.7. The Bertz CT molecular complexity index is 1430. The van der Waals surface area contributed by atoms with Crippen LogP contribution in [0.2, 0.25) is 0 Å². The highest BCUT2D eigenvalue weighted by Gasteiger charge is 2.18. The number of rotatable bonds is 8. The van der Waals surface area contributed by atoms with Gasteiger partial charge in [0.25, 0.3) is 5.56 Å². The average molecular weight is 472 g/mol. The van der Waals surface area contributed by atoms with Crippen molar-refractivity contribution in [3.8, 4) is 22.9 Å². The van der Waals surface area contributed by atoms with Crippen LogP contribution in [-0.2, 0) is 9.53 Å². The first-order chi connectivity index (χ1) is 17.0. The molecule has 178 valence electrons. The highest BCUT2D eigenvalue weighted by molar-refractivity contribution is 5.83. The van der Waals surface area contributed by atoms with Crippen LogP contribution in [0.4, 0.5) is 0 Å². The molecule has 0 saturated carbocycles. The molecule has 8 heteroatoms. The molecule has 0 aliphatic carbocycles. The van der Waals surface area contributed by atoms with E-state index in [1.54, 1.807) is 49.5 Å². The topological polar surface area (TPSA) is 92.0 Å². The number of ether oxygens (including phenoxy) is 3. The van der Waals surface area contributed by atoms with E-state index in [-0.39, 0.29) is 5.56 Å². The van der Waals surface area contributed by atoms with Crippen LogP contribution >= 0.6 is 0 Å². The van der Waals surface area contributed by atoms with Crippen LogP contribution < -0.4 is 15.0 Å². The van der Waals surface area contributed by atoms with E-state index in [1.807, 2.05) is 43.3 Å². The van der Waals surface area contributed by atoms with Crippen LogP contribution in [0, 0.1) is 0 Å². The first kappa shape index (κ1) is 23.7. The molecule has 0 bridgehead atoms. The highest BCUT2D eigenvalue weighted by atomic mass is 16.6. The minimum absolute atomic E-state index is 0.275. The molecule has 3 aromatic carbocycles. The Labute approximate surface area is 202 Å². The number of fused-ring (bicyclic) bond motifs is 1. The van der Waals surface area contributed by atoms with E-state index >= 15 is 0 Å². The van der Waals surface area contributed by atoms with Crippen molar-refractivity contribution >= 4 is 23.1 Å². The van der Waals surface area contributed by atoms with Gasteiger partial charge in [-0.15, -0.1) is 0 Å². The highest BCUT2D eigenvalue weighted by Crippen LogP contribution is 2.29. The molecule has 0 radical (unpaired) electrons. The molecule has 1 aromatic heterocycles. The van der Waals surface area contributed by atoms with Crippen molar-refractivity contribution in [2.75, 3.05) is 13.7 Å². The van der Waals surface area contributed by atoms with Gasteiger partial charge in [-0.25, -0.2) is 9.78 Å². The maximum Gasteiger partial charge on any atom is 0.346 e. The fourth-order valence-electron chi connectivity index (χ4n) is 3.50. The predicted octanol–water partition coefficient (Wildman–Crippen LogP) is 4.28. The Hall–Kier alpha value is -4.46. The monoisotopic (exact) mass is 471 g/mol. The van der Waals surface area contributed by atoms with E-state index in [1.165, 1.54) is 11.8 Å². The Morgan fingerprint density at radius 1 is 1.06 bits per heavy atom. The Balaban J connectivity index is 1.75. The van der Waals surface area contributed by atoms with E-state index < -0.39 is 12.1 Å². The molecule has 0 amide bonds. The van der Waals surface area contributed by atoms with E-state index in [4.69, 9.17) is 19.2 Å². The lowest BCUT2D eigenvalue weighted by molar-refractivity contribution is -0.147. The van der Waals surface area contributed by atoms with Crippen LogP contribution in [0.3, 0.4) is 0 Å². The van der Waals surface area contributed by atoms with Gasteiger partial charge in [0.05, 0.1) is 30.8 Å². The van der Waals surface area contributed by atoms with Gasteiger partial charge in [0.2, 0.25) is 0 Å². The van der Waals surface area contributed by atoms with E-state index in [2.05, 4.69) is 5.10 Å². The molecule has 0 aliphatic rings. The maximum atomic E-state index is 13.3. The predicted molar refractivity (Wildman–Crippen MR) is 134 cm³/mol. The number of para-hydroxylation sites is 1. The summed E-state index contributed by atoms with van der Waals surface area (Å²) >= 11 is 0. The van der Waals surface area contributed by atoms with Crippen molar-refractivity contribution < 1.29 is 19.0 Å². The van der Waals surface area contributed by atoms with Crippen LogP contribution in [0.5, 0.6) is 11.5 Å². The third kappa shape index (κ3) is 5.22. The number of nitrogens with zero attached hydrogens (tertiary/aromatic N) is 3. The van der Waals surface area contributed by atoms with E-state index in [0.717, 1.165) is 5.56 Å². The van der Waals surface area contributed by atoms with E-state index in [0.29, 0.717) is 40.4 Å². The van der Waals surface area contributed by atoms with Gasteiger partial charge in [0.1, 0.15) is 0 Å². The van der Waals surface area contributed by atoms with Crippen molar-refractivity contribution in [3.05, 3.63) is 88.7 Å². The largest absolute Gasteiger partial charge is 0.490 e. The van der Waals surface area contributed by atoms with Gasteiger partial charge in [0, 0.05) is 5.56 Å². The molecule has 0 spiro atoms. The summed E-state index contributed by atoms with van der Waals surface area (Å²) in [5.74, 6) is 0.785. The zero-order valence-corrected chi connectivity index (χ0v) is 19.7. The minimum Gasteiger partial charge on any atom is -0.490 e. The standard InChI is InChI=1S/C27H25N3O5/c1-4-34-24-16-19(14-15-23(24)35-18(2)27(32)33-3)17-28-30-25(20-10-6-5-7-11-20)29-22-13-9-8-12-21(22)26(30)31/h5-18H,4H2,1-3H3/t18-/m0/s1. The zero-order valence-electron chi connectivity index (χ0n) is 19.7. The van der Waals surface area contributed by atoms with Crippen molar-refractivity contribution in [1.82, 2.24) is 9.66 Å². The molecule has 4 rings (SSSR count). The van der Waals surface area contributed by atoms with Crippen molar-refractivity contribution in [3.63, 3.8) is 0 Å². The van der Waals surface area contributed by atoms with Gasteiger partial charge in [-0.1, -0.05) is 42.5 Å². The summed E-state index contributed by atoms with van der Waals surface area (Å²) in [6, 6.07) is 21.8. The fourth-order valence-corrected chi connectivity index (χ4v) is 3.50. The van der Waals surface area contributed by atoms with E-state index in [9.17, 15) is 9.59 Å². The molecule has 0 saturated heterocycles. The Kier molecular flexibility index (Phi) is 7.21. The van der Waals surface area contributed by atoms with Gasteiger partial charge in [-0.05, 0) is 49.7 Å². The number of carbonyl (C=O) groups is 1. The molecule has 4 aromatic rings. The third-order valence-electron chi connectivity index (χ3n) is 5.21. The molecule has 0 unspecified atom stereocenters. The number of aromatic nitrogens is 2. The Morgan fingerprint density at radius 3 is 2.54 bits per heavy atom. The van der Waals surface area contributed by atoms with Gasteiger partial charge in [-0.2, -0.15) is 9.78 Å².